The highest BCUT2D eigenvalue weighted by Gasteiger charge is 2.31. The predicted octanol–water partition coefficient (Wildman–Crippen LogP) is 7.46. The molecule has 2 aliphatic rings. The third-order valence-electron chi connectivity index (χ3n) is 8.00. The van der Waals surface area contributed by atoms with E-state index in [0.29, 0.717) is 43.5 Å². The van der Waals surface area contributed by atoms with Crippen molar-refractivity contribution in [2.45, 2.75) is 49.3 Å². The molecule has 2 aromatic rings. The molecule has 1 unspecified atom stereocenters. The average Bonchev–Trinajstić information content (AvgIpc) is 3.72. The van der Waals surface area contributed by atoms with Crippen LogP contribution in [0.2, 0.25) is 0 Å². The summed E-state index contributed by atoms with van der Waals surface area (Å²) in [5.74, 6) is -0.557. The van der Waals surface area contributed by atoms with Crippen LogP contribution in [0.4, 0.5) is 11.4 Å². The SMILES string of the molecule is [C-]#[N+]C(OOCCCOCCOCCOC(=O)/C(C#N)=C1\Sc2ccccc2N1CCCOC(=O)C=C)=C1Sc2ccccc2N1CCC(C)CC. The first-order valence-corrected chi connectivity index (χ1v) is 18.8. The van der Waals surface area contributed by atoms with Crippen LogP contribution in [0.25, 0.3) is 4.85 Å². The number of hydrogen-bond acceptors (Lipinski definition) is 13. The Hall–Kier alpha value is -4.44. The Balaban J connectivity index is 1.12. The maximum atomic E-state index is 12.9. The Bertz CT molecular complexity index is 1690. The summed E-state index contributed by atoms with van der Waals surface area (Å²) in [7, 11) is 0. The molecule has 276 valence electrons. The molecule has 2 heterocycles. The van der Waals surface area contributed by atoms with E-state index < -0.39 is 11.9 Å². The van der Waals surface area contributed by atoms with Crippen molar-refractivity contribution in [3.05, 3.63) is 94.1 Å². The highest BCUT2D eigenvalue weighted by atomic mass is 32.2. The van der Waals surface area contributed by atoms with Gasteiger partial charge in [-0.2, -0.15) is 10.1 Å². The fourth-order valence-corrected chi connectivity index (χ4v) is 7.33. The van der Waals surface area contributed by atoms with Crippen molar-refractivity contribution in [2.75, 3.05) is 69.1 Å². The molecule has 4 rings (SSSR count). The number of nitrogens with zero attached hydrogens (tertiary/aromatic N) is 4. The third kappa shape index (κ3) is 11.5. The first-order chi connectivity index (χ1) is 25.4. The summed E-state index contributed by atoms with van der Waals surface area (Å²) in [4.78, 5) is 44.7. The molecule has 0 saturated heterocycles. The summed E-state index contributed by atoms with van der Waals surface area (Å²) in [6.45, 7) is 18.3. The number of anilines is 2. The van der Waals surface area contributed by atoms with Gasteiger partial charge in [-0.1, -0.05) is 74.6 Å². The molecule has 0 radical (unpaired) electrons. The molecule has 0 saturated carbocycles. The number of thioether (sulfide) groups is 2. The van der Waals surface area contributed by atoms with Crippen molar-refractivity contribution in [3.63, 3.8) is 0 Å². The summed E-state index contributed by atoms with van der Waals surface area (Å²) in [5, 5.41) is 11.1. The van der Waals surface area contributed by atoms with Crippen LogP contribution in [0.3, 0.4) is 0 Å². The molecule has 2 aromatic carbocycles. The summed E-state index contributed by atoms with van der Waals surface area (Å²) in [5.41, 5.74) is 1.83. The van der Waals surface area contributed by atoms with E-state index >= 15 is 0 Å². The van der Waals surface area contributed by atoms with Gasteiger partial charge in [0.1, 0.15) is 22.7 Å². The molecule has 52 heavy (non-hydrogen) atoms. The maximum Gasteiger partial charge on any atom is 0.401 e. The lowest BCUT2D eigenvalue weighted by molar-refractivity contribution is -0.260. The number of carbonyl (C=O) groups excluding carboxylic acids is 2. The Labute approximate surface area is 314 Å². The number of rotatable bonds is 22. The molecule has 0 N–H and O–H groups in total. The van der Waals surface area contributed by atoms with E-state index in [4.69, 9.17) is 35.3 Å². The van der Waals surface area contributed by atoms with E-state index in [-0.39, 0.29) is 44.5 Å². The van der Waals surface area contributed by atoms with Gasteiger partial charge in [0, 0.05) is 35.6 Å². The number of esters is 2. The number of benzene rings is 2. The summed E-state index contributed by atoms with van der Waals surface area (Å²) in [6, 6.07) is 17.7. The minimum absolute atomic E-state index is 0.0328. The molecule has 0 aromatic heterocycles. The molecule has 0 amide bonds. The minimum Gasteiger partial charge on any atom is -0.462 e. The van der Waals surface area contributed by atoms with E-state index in [1.54, 1.807) is 0 Å². The predicted molar refractivity (Wildman–Crippen MR) is 200 cm³/mol. The molecular formula is C38H44N4O8S2. The van der Waals surface area contributed by atoms with Crippen molar-refractivity contribution in [1.29, 1.82) is 5.26 Å². The van der Waals surface area contributed by atoms with Crippen LogP contribution in [0.1, 0.15) is 39.5 Å². The van der Waals surface area contributed by atoms with Crippen molar-refractivity contribution in [1.82, 2.24) is 0 Å². The Morgan fingerprint density at radius 3 is 2.17 bits per heavy atom. The molecule has 0 bridgehead atoms. The fourth-order valence-electron chi connectivity index (χ4n) is 5.05. The van der Waals surface area contributed by atoms with Crippen LogP contribution in [0.15, 0.2) is 92.5 Å². The minimum atomic E-state index is -0.741. The summed E-state index contributed by atoms with van der Waals surface area (Å²) >= 11 is 2.84. The average molecular weight is 749 g/mol. The fraction of sp³-hybridized carbons (Fsp3) is 0.421. The van der Waals surface area contributed by atoms with Crippen LogP contribution in [-0.4, -0.2) is 71.3 Å². The highest BCUT2D eigenvalue weighted by molar-refractivity contribution is 8.04. The van der Waals surface area contributed by atoms with E-state index in [1.165, 1.54) is 23.5 Å². The van der Waals surface area contributed by atoms with Gasteiger partial charge in [-0.25, -0.2) is 14.5 Å². The lowest BCUT2D eigenvalue weighted by Gasteiger charge is -2.22. The van der Waals surface area contributed by atoms with Crippen LogP contribution < -0.4 is 9.80 Å². The molecule has 1 atom stereocenters. The topological polar surface area (TPSA) is 124 Å². The lowest BCUT2D eigenvalue weighted by atomic mass is 10.1. The van der Waals surface area contributed by atoms with Gasteiger partial charge in [0.2, 0.25) is 0 Å². The van der Waals surface area contributed by atoms with E-state index in [2.05, 4.69) is 36.2 Å². The second-order valence-corrected chi connectivity index (χ2v) is 13.7. The van der Waals surface area contributed by atoms with Crippen molar-refractivity contribution < 1.29 is 38.3 Å². The summed E-state index contributed by atoms with van der Waals surface area (Å²) in [6.07, 6.45) is 4.23. The van der Waals surface area contributed by atoms with Gasteiger partial charge < -0.3 is 33.6 Å². The number of fused-ring (bicyclic) bond motifs is 2. The van der Waals surface area contributed by atoms with Gasteiger partial charge in [-0.3, -0.25) is 0 Å². The normalized spacial score (nSPS) is 15.5. The summed E-state index contributed by atoms with van der Waals surface area (Å²) < 4.78 is 21.6. The molecule has 0 fully saturated rings. The second kappa shape index (κ2) is 21.8. The third-order valence-corrected chi connectivity index (χ3v) is 10.3. The van der Waals surface area contributed by atoms with Gasteiger partial charge in [0.05, 0.1) is 51.0 Å². The zero-order chi connectivity index (χ0) is 37.1. The molecule has 2 aliphatic heterocycles. The van der Waals surface area contributed by atoms with Gasteiger partial charge in [-0.15, -0.1) is 0 Å². The maximum absolute atomic E-state index is 12.9. The molecule has 14 heteroatoms. The Morgan fingerprint density at radius 2 is 1.52 bits per heavy atom. The first-order valence-electron chi connectivity index (χ1n) is 17.2. The molecule has 0 aliphatic carbocycles. The van der Waals surface area contributed by atoms with Crippen LogP contribution in [0, 0.1) is 23.8 Å². The van der Waals surface area contributed by atoms with Crippen molar-refractivity contribution >= 4 is 46.8 Å². The highest BCUT2D eigenvalue weighted by Crippen LogP contribution is 2.48. The largest absolute Gasteiger partial charge is 0.462 e. The number of para-hydroxylation sites is 2. The molecule has 0 spiro atoms. The number of carbonyl (C=O) groups is 2. The number of ether oxygens (including phenoxy) is 4. The number of hydrogen-bond donors (Lipinski definition) is 0. The smallest absolute Gasteiger partial charge is 0.401 e. The number of nitriles is 1. The zero-order valence-corrected chi connectivity index (χ0v) is 31.2. The van der Waals surface area contributed by atoms with Gasteiger partial charge in [0.25, 0.3) is 0 Å². The van der Waals surface area contributed by atoms with E-state index in [1.807, 2.05) is 53.4 Å². The first kappa shape index (κ1) is 40.3. The standard InChI is InChI=1S/C38H44N4O8S2/c1-5-28(3)17-19-42-31-14-8-10-16-33(31)52-37(42)35(40-4)50-49-22-12-20-45-23-24-46-25-26-48-38(44)29(27-39)36-41(18-11-21-47-34(43)6-2)30-13-7-9-15-32(30)51-36/h6-10,13-16,28H,2,5,11-12,17-26H2,1,3H3/b36-29-,37-35?. The second-order valence-electron chi connectivity index (χ2n) is 11.6. The Kier molecular flexibility index (Phi) is 16.9. The monoisotopic (exact) mass is 748 g/mol. The Morgan fingerprint density at radius 1 is 0.885 bits per heavy atom. The van der Waals surface area contributed by atoms with E-state index in [9.17, 15) is 14.9 Å². The van der Waals surface area contributed by atoms with Crippen molar-refractivity contribution in [3.8, 4) is 6.07 Å². The van der Waals surface area contributed by atoms with E-state index in [0.717, 1.165) is 51.7 Å². The van der Waals surface area contributed by atoms with Gasteiger partial charge in [0.15, 0.2) is 5.57 Å². The van der Waals surface area contributed by atoms with Crippen molar-refractivity contribution in [2.24, 2.45) is 5.92 Å². The zero-order valence-electron chi connectivity index (χ0n) is 29.5. The van der Waals surface area contributed by atoms with Crippen LogP contribution in [0.5, 0.6) is 0 Å². The van der Waals surface area contributed by atoms with Gasteiger partial charge in [-0.05, 0) is 49.4 Å². The lowest BCUT2D eigenvalue weighted by Crippen LogP contribution is -2.24. The molecule has 12 nitrogen and oxygen atoms in total. The van der Waals surface area contributed by atoms with Crippen LogP contribution >= 0.6 is 23.5 Å². The van der Waals surface area contributed by atoms with Gasteiger partial charge >= 0.3 is 17.8 Å². The quantitative estimate of drug-likeness (QED) is 0.0173. The van der Waals surface area contributed by atoms with Crippen LogP contribution in [-0.2, 0) is 38.3 Å². The molecular weight excluding hydrogens is 705 g/mol.